The highest BCUT2D eigenvalue weighted by molar-refractivity contribution is 6.01. The molecule has 0 spiro atoms. The predicted octanol–water partition coefficient (Wildman–Crippen LogP) is 2.90. The van der Waals surface area contributed by atoms with E-state index in [2.05, 4.69) is 4.98 Å². The Labute approximate surface area is 104 Å². The van der Waals surface area contributed by atoms with Gasteiger partial charge in [-0.2, -0.15) is 0 Å². The molecule has 4 heteroatoms. The Morgan fingerprint density at radius 3 is 2.56 bits per heavy atom. The van der Waals surface area contributed by atoms with Gasteiger partial charge in [0.2, 0.25) is 0 Å². The monoisotopic (exact) mass is 247 g/mol. The van der Waals surface area contributed by atoms with Crippen molar-refractivity contribution in [2.24, 2.45) is 5.41 Å². The average molecular weight is 247 g/mol. The van der Waals surface area contributed by atoms with E-state index in [1.807, 2.05) is 0 Å². The molecule has 0 aliphatic heterocycles. The molecule has 1 aromatic heterocycles. The zero-order valence-corrected chi connectivity index (χ0v) is 10.5. The third kappa shape index (κ3) is 2.06. The van der Waals surface area contributed by atoms with Crippen molar-refractivity contribution in [1.82, 2.24) is 4.98 Å². The van der Waals surface area contributed by atoms with Gasteiger partial charge in [-0.25, -0.2) is 4.39 Å². The molecule has 94 valence electrons. The Hall–Kier alpha value is -1.97. The van der Waals surface area contributed by atoms with E-state index >= 15 is 0 Å². The van der Waals surface area contributed by atoms with Crippen molar-refractivity contribution in [2.45, 2.75) is 20.8 Å². The molecule has 0 radical (unpaired) electrons. The van der Waals surface area contributed by atoms with E-state index in [9.17, 15) is 14.0 Å². The smallest absolute Gasteiger partial charge is 0.200 e. The number of carbonyl (C=O) groups is 1. The Morgan fingerprint density at radius 1 is 1.28 bits per heavy atom. The average Bonchev–Trinajstić information content (AvgIpc) is 2.28. The topological polar surface area (TPSA) is 49.9 Å². The Kier molecular flexibility index (Phi) is 2.81. The zero-order valence-electron chi connectivity index (χ0n) is 10.5. The van der Waals surface area contributed by atoms with E-state index in [1.54, 1.807) is 20.8 Å². The van der Waals surface area contributed by atoms with E-state index in [0.717, 1.165) is 6.07 Å². The third-order valence-electron chi connectivity index (χ3n) is 2.77. The third-order valence-corrected chi connectivity index (χ3v) is 2.77. The van der Waals surface area contributed by atoms with Crippen LogP contribution in [0.2, 0.25) is 0 Å². The summed E-state index contributed by atoms with van der Waals surface area (Å²) >= 11 is 0. The first kappa shape index (κ1) is 12.5. The van der Waals surface area contributed by atoms with Crippen LogP contribution in [0.3, 0.4) is 0 Å². The number of hydrogen-bond acceptors (Lipinski definition) is 2. The largest absolute Gasteiger partial charge is 0.360 e. The summed E-state index contributed by atoms with van der Waals surface area (Å²) in [5.74, 6) is -0.747. The van der Waals surface area contributed by atoms with Crippen LogP contribution in [-0.2, 0) is 0 Å². The summed E-state index contributed by atoms with van der Waals surface area (Å²) in [7, 11) is 0. The molecule has 1 heterocycles. The molecule has 2 rings (SSSR count). The van der Waals surface area contributed by atoms with E-state index in [1.165, 1.54) is 18.3 Å². The van der Waals surface area contributed by atoms with Gasteiger partial charge < -0.3 is 4.98 Å². The second-order valence-corrected chi connectivity index (χ2v) is 5.30. The highest BCUT2D eigenvalue weighted by Crippen LogP contribution is 2.20. The molecular formula is C14H14FNO2. The summed E-state index contributed by atoms with van der Waals surface area (Å²) in [6.45, 7) is 5.22. The fraction of sp³-hybridized carbons (Fsp3) is 0.286. The molecule has 0 saturated carbocycles. The fourth-order valence-electron chi connectivity index (χ4n) is 1.76. The maximum absolute atomic E-state index is 13.1. The van der Waals surface area contributed by atoms with Crippen LogP contribution in [-0.4, -0.2) is 10.8 Å². The summed E-state index contributed by atoms with van der Waals surface area (Å²) in [6.07, 6.45) is 1.40. The fourth-order valence-corrected chi connectivity index (χ4v) is 1.76. The molecule has 1 aromatic carbocycles. The summed E-state index contributed by atoms with van der Waals surface area (Å²) in [4.78, 5) is 27.1. The number of pyridine rings is 1. The van der Waals surface area contributed by atoms with Crippen LogP contribution in [0.25, 0.3) is 10.9 Å². The molecule has 0 unspecified atom stereocenters. The van der Waals surface area contributed by atoms with Gasteiger partial charge in [0.05, 0.1) is 5.56 Å². The van der Waals surface area contributed by atoms with Gasteiger partial charge in [0.25, 0.3) is 0 Å². The molecule has 0 fully saturated rings. The highest BCUT2D eigenvalue weighted by atomic mass is 19.1. The van der Waals surface area contributed by atoms with Crippen LogP contribution in [0.15, 0.2) is 29.2 Å². The van der Waals surface area contributed by atoms with E-state index in [4.69, 9.17) is 0 Å². The minimum Gasteiger partial charge on any atom is -0.360 e. The van der Waals surface area contributed by atoms with Crippen LogP contribution in [0.5, 0.6) is 0 Å². The number of hydrogen-bond donors (Lipinski definition) is 1. The van der Waals surface area contributed by atoms with Crippen molar-refractivity contribution in [3.05, 3.63) is 46.0 Å². The van der Waals surface area contributed by atoms with Crippen molar-refractivity contribution in [3.8, 4) is 0 Å². The molecule has 0 amide bonds. The van der Waals surface area contributed by atoms with Gasteiger partial charge in [-0.05, 0) is 18.2 Å². The first-order valence-electron chi connectivity index (χ1n) is 5.66. The molecular weight excluding hydrogens is 233 g/mol. The van der Waals surface area contributed by atoms with Crippen molar-refractivity contribution in [3.63, 3.8) is 0 Å². The lowest BCUT2D eigenvalue weighted by Gasteiger charge is -2.16. The second kappa shape index (κ2) is 4.05. The summed E-state index contributed by atoms with van der Waals surface area (Å²) < 4.78 is 13.1. The van der Waals surface area contributed by atoms with Gasteiger partial charge in [-0.1, -0.05) is 20.8 Å². The molecule has 0 bridgehead atoms. The molecule has 18 heavy (non-hydrogen) atoms. The number of aromatic nitrogens is 1. The van der Waals surface area contributed by atoms with Crippen LogP contribution in [0, 0.1) is 11.2 Å². The van der Waals surface area contributed by atoms with Crippen LogP contribution in [0.4, 0.5) is 4.39 Å². The van der Waals surface area contributed by atoms with Gasteiger partial charge in [-0.3, -0.25) is 9.59 Å². The number of Topliss-reactive ketones (excluding diaryl/α,β-unsaturated/α-hetero) is 1. The maximum Gasteiger partial charge on any atom is 0.200 e. The standard InChI is InChI=1S/C14H14FNO2/c1-14(2,3)13(18)10-7-16-11-5-4-8(15)6-9(11)12(10)17/h4-7H,1-3H3,(H,16,17). The lowest BCUT2D eigenvalue weighted by Crippen LogP contribution is -2.26. The number of aromatic amines is 1. The van der Waals surface area contributed by atoms with Gasteiger partial charge in [-0.15, -0.1) is 0 Å². The Bertz CT molecular complexity index is 680. The number of rotatable bonds is 1. The molecule has 3 nitrogen and oxygen atoms in total. The van der Waals surface area contributed by atoms with Crippen LogP contribution in [0.1, 0.15) is 31.1 Å². The number of halogens is 1. The van der Waals surface area contributed by atoms with Gasteiger partial charge in [0.1, 0.15) is 5.82 Å². The number of carbonyl (C=O) groups excluding carboxylic acids is 1. The molecule has 0 aliphatic rings. The quantitative estimate of drug-likeness (QED) is 0.788. The first-order valence-corrected chi connectivity index (χ1v) is 5.66. The molecule has 1 N–H and O–H groups in total. The van der Waals surface area contributed by atoms with Gasteiger partial charge >= 0.3 is 0 Å². The molecule has 2 aromatic rings. The lowest BCUT2D eigenvalue weighted by molar-refractivity contribution is 0.0857. The number of nitrogens with one attached hydrogen (secondary N) is 1. The normalized spacial score (nSPS) is 11.8. The van der Waals surface area contributed by atoms with Gasteiger partial charge in [0, 0.05) is 22.5 Å². The van der Waals surface area contributed by atoms with E-state index in [0.29, 0.717) is 5.52 Å². The van der Waals surface area contributed by atoms with Crippen molar-refractivity contribution < 1.29 is 9.18 Å². The van der Waals surface area contributed by atoms with Crippen molar-refractivity contribution >= 4 is 16.7 Å². The summed E-state index contributed by atoms with van der Waals surface area (Å²) in [5, 5.41) is 0.199. The molecule has 0 aliphatic carbocycles. The maximum atomic E-state index is 13.1. The van der Waals surface area contributed by atoms with Crippen molar-refractivity contribution in [1.29, 1.82) is 0 Å². The number of benzene rings is 1. The SMILES string of the molecule is CC(C)(C)C(=O)c1c[nH]c2ccc(F)cc2c1=O. The first-order chi connectivity index (χ1) is 8.30. The van der Waals surface area contributed by atoms with Crippen molar-refractivity contribution in [2.75, 3.05) is 0 Å². The van der Waals surface area contributed by atoms with E-state index in [-0.39, 0.29) is 16.7 Å². The Morgan fingerprint density at radius 2 is 1.94 bits per heavy atom. The highest BCUT2D eigenvalue weighted by Gasteiger charge is 2.25. The van der Waals surface area contributed by atoms with Crippen LogP contribution < -0.4 is 5.43 Å². The van der Waals surface area contributed by atoms with E-state index < -0.39 is 16.7 Å². The Balaban J connectivity index is 2.72. The molecule has 0 saturated heterocycles. The zero-order chi connectivity index (χ0) is 13.5. The lowest BCUT2D eigenvalue weighted by atomic mass is 9.86. The minimum atomic E-state index is -0.645. The summed E-state index contributed by atoms with van der Waals surface area (Å²) in [5.41, 5.74) is -0.482. The number of H-pyrrole nitrogens is 1. The van der Waals surface area contributed by atoms with Gasteiger partial charge in [0.15, 0.2) is 11.2 Å². The minimum absolute atomic E-state index is 0.0700. The predicted molar refractivity (Wildman–Crippen MR) is 68.3 cm³/mol. The number of fused-ring (bicyclic) bond motifs is 1. The molecule has 0 atom stereocenters. The summed E-state index contributed by atoms with van der Waals surface area (Å²) in [6, 6.07) is 3.90. The number of ketones is 1. The second-order valence-electron chi connectivity index (χ2n) is 5.30. The van der Waals surface area contributed by atoms with Crippen LogP contribution >= 0.6 is 0 Å².